The van der Waals surface area contributed by atoms with E-state index in [4.69, 9.17) is 20.2 Å². The summed E-state index contributed by atoms with van der Waals surface area (Å²) in [6.45, 7) is 3.83. The summed E-state index contributed by atoms with van der Waals surface area (Å²) in [6.07, 6.45) is 2.09. The second-order valence-corrected chi connectivity index (χ2v) is 12.2. The molecular formula is C29H29F2N7O2S. The van der Waals surface area contributed by atoms with Crippen LogP contribution in [0.5, 0.6) is 11.9 Å². The number of thiophene rings is 1. The standard InChI is InChI=1S/C29H29F2N7O2S/c1-3-16-13-39-27-21-24(22(31)23(34-27)17-6-4-7-19-20(17)18(11-32)25(33)41-19)35-28(36-26(21)37(16)2)40-14-29-8-5-9-38(29)12-15(30)10-29/h4,6-7,15-16H,3,5,8-10,12-14,33H2,1-2H3/t15-,16+,29+/m1/s1. The molecular weight excluding hydrogens is 548 g/mol. The number of ether oxygens (including phenoxy) is 2. The lowest BCUT2D eigenvalue weighted by Gasteiger charge is -2.31. The molecule has 212 valence electrons. The van der Waals surface area contributed by atoms with Crippen molar-refractivity contribution in [2.45, 2.75) is 50.4 Å². The average Bonchev–Trinajstić information content (AvgIpc) is 3.58. The minimum atomic E-state index is -0.893. The maximum atomic E-state index is 16.6. The molecule has 0 spiro atoms. The summed E-state index contributed by atoms with van der Waals surface area (Å²) in [4.78, 5) is 18.0. The maximum absolute atomic E-state index is 16.6. The molecule has 2 N–H and O–H groups in total. The molecule has 7 rings (SSSR count). The minimum Gasteiger partial charge on any atom is -0.475 e. The molecule has 0 amide bonds. The van der Waals surface area contributed by atoms with Crippen molar-refractivity contribution in [1.29, 1.82) is 5.26 Å². The summed E-state index contributed by atoms with van der Waals surface area (Å²) in [6, 6.07) is 7.49. The van der Waals surface area contributed by atoms with E-state index in [0.717, 1.165) is 30.5 Å². The van der Waals surface area contributed by atoms with Crippen molar-refractivity contribution in [2.24, 2.45) is 0 Å². The lowest BCUT2D eigenvalue weighted by atomic mass is 9.95. The summed E-state index contributed by atoms with van der Waals surface area (Å²) in [5, 5.41) is 11.1. The Labute approximate surface area is 239 Å². The smallest absolute Gasteiger partial charge is 0.319 e. The van der Waals surface area contributed by atoms with Gasteiger partial charge in [-0.3, -0.25) is 4.90 Å². The van der Waals surface area contributed by atoms with E-state index in [1.165, 1.54) is 11.3 Å². The van der Waals surface area contributed by atoms with E-state index < -0.39 is 17.5 Å². The lowest BCUT2D eigenvalue weighted by Crippen LogP contribution is -2.43. The number of halogens is 2. The second kappa shape index (κ2) is 9.63. The first-order valence-electron chi connectivity index (χ1n) is 13.8. The number of nitriles is 1. The Morgan fingerprint density at radius 3 is 2.95 bits per heavy atom. The van der Waals surface area contributed by atoms with Gasteiger partial charge in [0.05, 0.1) is 17.1 Å². The first-order chi connectivity index (χ1) is 19.8. The molecule has 3 aromatic heterocycles. The van der Waals surface area contributed by atoms with Crippen LogP contribution < -0.4 is 20.1 Å². The summed E-state index contributed by atoms with van der Waals surface area (Å²) in [7, 11) is 1.89. The molecule has 1 aromatic carbocycles. The summed E-state index contributed by atoms with van der Waals surface area (Å²) < 4.78 is 44.1. The number of pyridine rings is 1. The number of nitrogens with zero attached hydrogens (tertiary/aromatic N) is 6. The number of nitrogens with two attached hydrogens (primary N) is 1. The van der Waals surface area contributed by atoms with Gasteiger partial charge < -0.3 is 20.1 Å². The van der Waals surface area contributed by atoms with Gasteiger partial charge in [-0.05, 0) is 31.9 Å². The Kier molecular flexibility index (Phi) is 6.13. The van der Waals surface area contributed by atoms with E-state index in [0.29, 0.717) is 46.7 Å². The van der Waals surface area contributed by atoms with Crippen LogP contribution in [0.1, 0.15) is 38.2 Å². The first-order valence-corrected chi connectivity index (χ1v) is 14.7. The van der Waals surface area contributed by atoms with Crippen molar-refractivity contribution < 1.29 is 18.3 Å². The molecule has 0 saturated carbocycles. The van der Waals surface area contributed by atoms with E-state index in [1.54, 1.807) is 12.1 Å². The fourth-order valence-electron chi connectivity index (χ4n) is 6.68. The van der Waals surface area contributed by atoms with Gasteiger partial charge in [-0.15, -0.1) is 11.3 Å². The van der Waals surface area contributed by atoms with Gasteiger partial charge in [0, 0.05) is 35.7 Å². The van der Waals surface area contributed by atoms with Crippen molar-refractivity contribution in [3.05, 3.63) is 29.6 Å². The van der Waals surface area contributed by atoms with E-state index in [2.05, 4.69) is 20.9 Å². The lowest BCUT2D eigenvalue weighted by molar-refractivity contribution is 0.107. The number of likely N-dealkylation sites (N-methyl/N-ethyl adjacent to an activating group) is 1. The van der Waals surface area contributed by atoms with Gasteiger partial charge in [-0.1, -0.05) is 19.1 Å². The molecule has 3 aliphatic rings. The normalized spacial score (nSPS) is 23.9. The Balaban J connectivity index is 1.41. The molecule has 9 nitrogen and oxygen atoms in total. The molecule has 6 heterocycles. The van der Waals surface area contributed by atoms with Crippen molar-refractivity contribution in [3.8, 4) is 29.2 Å². The minimum absolute atomic E-state index is 0.0113. The number of hydrogen-bond donors (Lipinski definition) is 1. The van der Waals surface area contributed by atoms with E-state index in [-0.39, 0.29) is 41.3 Å². The van der Waals surface area contributed by atoms with Gasteiger partial charge in [-0.2, -0.15) is 15.2 Å². The number of aromatic nitrogens is 3. The van der Waals surface area contributed by atoms with Crippen LogP contribution in [0.15, 0.2) is 18.2 Å². The largest absolute Gasteiger partial charge is 0.475 e. The van der Waals surface area contributed by atoms with Gasteiger partial charge in [0.2, 0.25) is 5.88 Å². The van der Waals surface area contributed by atoms with Crippen molar-refractivity contribution >= 4 is 43.1 Å². The topological polar surface area (TPSA) is 113 Å². The fourth-order valence-corrected chi connectivity index (χ4v) is 7.63. The maximum Gasteiger partial charge on any atom is 0.319 e. The Bertz CT molecular complexity index is 1740. The molecule has 12 heteroatoms. The summed E-state index contributed by atoms with van der Waals surface area (Å²) >= 11 is 1.27. The van der Waals surface area contributed by atoms with Gasteiger partial charge in [-0.25, -0.2) is 13.8 Å². The zero-order chi connectivity index (χ0) is 28.5. The van der Waals surface area contributed by atoms with Crippen LogP contribution >= 0.6 is 11.3 Å². The average molecular weight is 578 g/mol. The quantitative estimate of drug-likeness (QED) is 0.348. The van der Waals surface area contributed by atoms with E-state index in [1.807, 2.05) is 24.9 Å². The molecule has 0 bridgehead atoms. The molecule has 0 aliphatic carbocycles. The number of nitrogen functional groups attached to an aromatic ring is 1. The summed E-state index contributed by atoms with van der Waals surface area (Å²) in [5.74, 6) is 0.0142. The Hall–Kier alpha value is -3.82. The number of rotatable bonds is 5. The fraction of sp³-hybridized carbons (Fsp3) is 0.448. The number of anilines is 2. The van der Waals surface area contributed by atoms with Gasteiger partial charge in [0.25, 0.3) is 0 Å². The Morgan fingerprint density at radius 1 is 1.29 bits per heavy atom. The monoisotopic (exact) mass is 577 g/mol. The molecule has 0 radical (unpaired) electrons. The van der Waals surface area contributed by atoms with Crippen LogP contribution in [0.2, 0.25) is 0 Å². The van der Waals surface area contributed by atoms with Crippen molar-refractivity contribution in [2.75, 3.05) is 44.0 Å². The molecule has 0 unspecified atom stereocenters. The van der Waals surface area contributed by atoms with Gasteiger partial charge >= 0.3 is 6.01 Å². The number of fused-ring (bicyclic) bond motifs is 2. The van der Waals surface area contributed by atoms with Crippen LogP contribution in [0.25, 0.3) is 32.2 Å². The second-order valence-electron chi connectivity index (χ2n) is 11.1. The molecule has 3 aliphatic heterocycles. The van der Waals surface area contributed by atoms with Crippen LogP contribution in [0.4, 0.5) is 19.6 Å². The highest BCUT2D eigenvalue weighted by Gasteiger charge is 2.49. The number of alkyl halides is 1. The van der Waals surface area contributed by atoms with Crippen molar-refractivity contribution in [1.82, 2.24) is 19.9 Å². The molecule has 2 fully saturated rings. The van der Waals surface area contributed by atoms with E-state index >= 15 is 4.39 Å². The molecule has 3 atom stereocenters. The third kappa shape index (κ3) is 3.97. The van der Waals surface area contributed by atoms with Crippen LogP contribution in [-0.4, -0.2) is 71.0 Å². The summed E-state index contributed by atoms with van der Waals surface area (Å²) in [5.41, 5.74) is 6.47. The van der Waals surface area contributed by atoms with Gasteiger partial charge in [0.15, 0.2) is 5.82 Å². The predicted octanol–water partition coefficient (Wildman–Crippen LogP) is 5.06. The highest BCUT2D eigenvalue weighted by molar-refractivity contribution is 7.23. The van der Waals surface area contributed by atoms with Crippen LogP contribution in [0, 0.1) is 17.1 Å². The SMILES string of the molecule is CC[C@H]1COc2nc(-c3cccc4sc(N)c(C#N)c34)c(F)c3nc(OC[C@@]45CCCN4C[C@H](F)C5)nc(c23)N1C. The predicted molar refractivity (Wildman–Crippen MR) is 154 cm³/mol. The third-order valence-corrected chi connectivity index (χ3v) is 9.80. The zero-order valence-corrected chi connectivity index (χ0v) is 23.6. The van der Waals surface area contributed by atoms with Crippen LogP contribution in [0.3, 0.4) is 0 Å². The van der Waals surface area contributed by atoms with Gasteiger partial charge in [0.1, 0.15) is 52.9 Å². The highest BCUT2D eigenvalue weighted by Crippen LogP contribution is 2.45. The van der Waals surface area contributed by atoms with Crippen LogP contribution in [-0.2, 0) is 0 Å². The van der Waals surface area contributed by atoms with E-state index in [9.17, 15) is 9.65 Å². The molecule has 4 aromatic rings. The van der Waals surface area contributed by atoms with Crippen molar-refractivity contribution in [3.63, 3.8) is 0 Å². The molecule has 2 saturated heterocycles. The first kappa shape index (κ1) is 26.1. The molecule has 41 heavy (non-hydrogen) atoms. The Morgan fingerprint density at radius 2 is 2.15 bits per heavy atom. The number of hydrogen-bond acceptors (Lipinski definition) is 10. The number of benzene rings is 1. The highest BCUT2D eigenvalue weighted by atomic mass is 32.1. The third-order valence-electron chi connectivity index (χ3n) is 8.82. The zero-order valence-electron chi connectivity index (χ0n) is 22.8.